The smallest absolute Gasteiger partial charge is 0.306 e. The second-order valence-electron chi connectivity index (χ2n) is 7.39. The lowest BCUT2D eigenvalue weighted by Crippen LogP contribution is -2.32. The Hall–Kier alpha value is -3.19. The fourth-order valence-corrected chi connectivity index (χ4v) is 4.13. The Balaban J connectivity index is 1.25. The molecule has 142 valence electrons. The van der Waals surface area contributed by atoms with E-state index in [1.165, 1.54) is 5.56 Å². The van der Waals surface area contributed by atoms with Crippen LogP contribution in [0.1, 0.15) is 30.0 Å². The lowest BCUT2D eigenvalue weighted by molar-refractivity contribution is 0.203. The molecule has 1 aliphatic heterocycles. The van der Waals surface area contributed by atoms with Gasteiger partial charge in [-0.2, -0.15) is 0 Å². The third-order valence-corrected chi connectivity index (χ3v) is 5.56. The molecule has 0 radical (unpaired) electrons. The van der Waals surface area contributed by atoms with Crippen LogP contribution in [0.15, 0.2) is 59.5 Å². The molecule has 1 aliphatic rings. The van der Waals surface area contributed by atoms with Crippen molar-refractivity contribution in [3.05, 3.63) is 76.5 Å². The summed E-state index contributed by atoms with van der Waals surface area (Å²) in [4.78, 5) is 19.9. The van der Waals surface area contributed by atoms with Gasteiger partial charge in [-0.3, -0.25) is 4.90 Å². The Morgan fingerprint density at radius 3 is 2.64 bits per heavy atom. The predicted octanol–water partition coefficient (Wildman–Crippen LogP) is 2.82. The van der Waals surface area contributed by atoms with Crippen LogP contribution in [0.4, 0.5) is 0 Å². The lowest BCUT2D eigenvalue weighted by atomic mass is 9.88. The van der Waals surface area contributed by atoms with E-state index in [1.807, 2.05) is 53.3 Å². The van der Waals surface area contributed by atoms with E-state index in [0.717, 1.165) is 54.9 Å². The van der Waals surface area contributed by atoms with Crippen molar-refractivity contribution >= 4 is 11.0 Å². The van der Waals surface area contributed by atoms with Gasteiger partial charge in [0.1, 0.15) is 0 Å². The van der Waals surface area contributed by atoms with Crippen molar-refractivity contribution in [3.8, 4) is 5.69 Å². The molecule has 5 rings (SSSR count). The van der Waals surface area contributed by atoms with E-state index in [9.17, 15) is 4.79 Å². The molecule has 1 saturated heterocycles. The van der Waals surface area contributed by atoms with Crippen LogP contribution in [-0.4, -0.2) is 43.0 Å². The Bertz CT molecular complexity index is 1130. The quantitative estimate of drug-likeness (QED) is 0.575. The number of H-pyrrole nitrogens is 2. The molecule has 28 heavy (non-hydrogen) atoms. The van der Waals surface area contributed by atoms with Gasteiger partial charge in [-0.1, -0.05) is 35.5 Å². The fourth-order valence-electron chi connectivity index (χ4n) is 4.13. The maximum atomic E-state index is 11.6. The van der Waals surface area contributed by atoms with E-state index in [-0.39, 0.29) is 5.69 Å². The zero-order valence-corrected chi connectivity index (χ0v) is 15.5. The molecule has 2 aromatic carbocycles. The van der Waals surface area contributed by atoms with Crippen LogP contribution in [-0.2, 0) is 6.54 Å². The molecule has 2 N–H and O–H groups in total. The largest absolute Gasteiger partial charge is 0.323 e. The molecule has 7 nitrogen and oxygen atoms in total. The molecule has 0 unspecified atom stereocenters. The van der Waals surface area contributed by atoms with Crippen molar-refractivity contribution in [2.75, 3.05) is 13.1 Å². The van der Waals surface area contributed by atoms with Gasteiger partial charge in [0.15, 0.2) is 0 Å². The lowest BCUT2D eigenvalue weighted by Gasteiger charge is -2.31. The van der Waals surface area contributed by atoms with Gasteiger partial charge in [-0.15, -0.1) is 5.10 Å². The van der Waals surface area contributed by atoms with Crippen LogP contribution in [0.25, 0.3) is 16.7 Å². The summed E-state index contributed by atoms with van der Waals surface area (Å²) in [7, 11) is 0. The van der Waals surface area contributed by atoms with Gasteiger partial charge < -0.3 is 9.97 Å². The number of hydrogen-bond donors (Lipinski definition) is 2. The Morgan fingerprint density at radius 2 is 1.82 bits per heavy atom. The maximum absolute atomic E-state index is 11.6. The molecular formula is C21H22N6O. The highest BCUT2D eigenvalue weighted by atomic mass is 16.1. The van der Waals surface area contributed by atoms with Gasteiger partial charge in [0.05, 0.1) is 28.6 Å². The van der Waals surface area contributed by atoms with Crippen molar-refractivity contribution in [1.29, 1.82) is 0 Å². The second kappa shape index (κ2) is 7.09. The van der Waals surface area contributed by atoms with Crippen molar-refractivity contribution in [1.82, 2.24) is 29.9 Å². The molecule has 3 heterocycles. The highest BCUT2D eigenvalue weighted by Gasteiger charge is 2.23. The first kappa shape index (κ1) is 16.9. The van der Waals surface area contributed by atoms with Gasteiger partial charge in [0, 0.05) is 6.54 Å². The molecule has 7 heteroatoms. The molecule has 0 atom stereocenters. The number of imidazole rings is 1. The molecule has 0 saturated carbocycles. The number of piperidine rings is 1. The number of aromatic amines is 2. The number of likely N-dealkylation sites (tertiary alicyclic amines) is 1. The molecule has 0 bridgehead atoms. The molecule has 4 aromatic rings. The number of nitrogens with zero attached hydrogens (tertiary/aromatic N) is 4. The summed E-state index contributed by atoms with van der Waals surface area (Å²) < 4.78 is 1.82. The molecular weight excluding hydrogens is 352 g/mol. The summed E-state index contributed by atoms with van der Waals surface area (Å²) in [5.74, 6) is 0.464. The van der Waals surface area contributed by atoms with Gasteiger partial charge in [-0.05, 0) is 55.6 Å². The number of fused-ring (bicyclic) bond motifs is 1. The van der Waals surface area contributed by atoms with Crippen LogP contribution >= 0.6 is 0 Å². The third-order valence-electron chi connectivity index (χ3n) is 5.56. The topological polar surface area (TPSA) is 82.6 Å². The Labute approximate surface area is 162 Å². The average molecular weight is 374 g/mol. The van der Waals surface area contributed by atoms with Crippen molar-refractivity contribution in [2.24, 2.45) is 0 Å². The molecule has 2 aromatic heterocycles. The number of aromatic nitrogens is 5. The second-order valence-corrected chi connectivity index (χ2v) is 7.39. The van der Waals surface area contributed by atoms with Crippen molar-refractivity contribution in [3.63, 3.8) is 0 Å². The molecule has 0 spiro atoms. The summed E-state index contributed by atoms with van der Waals surface area (Å²) >= 11 is 0. The van der Waals surface area contributed by atoms with Gasteiger partial charge in [0.2, 0.25) is 0 Å². The Kier molecular flexibility index (Phi) is 4.29. The fraction of sp³-hybridized carbons (Fsp3) is 0.286. The first-order valence-corrected chi connectivity index (χ1v) is 9.66. The summed E-state index contributed by atoms with van der Waals surface area (Å²) in [6.45, 7) is 2.83. The van der Waals surface area contributed by atoms with Crippen molar-refractivity contribution < 1.29 is 0 Å². The number of hydrogen-bond acceptors (Lipinski definition) is 4. The monoisotopic (exact) mass is 374 g/mol. The summed E-state index contributed by atoms with van der Waals surface area (Å²) in [6, 6.07) is 16.1. The highest BCUT2D eigenvalue weighted by molar-refractivity contribution is 5.78. The van der Waals surface area contributed by atoms with E-state index < -0.39 is 0 Å². The standard InChI is InChI=1S/C21H22N6O/c28-21-22-19-8-4-7-18(20(19)23-21)15-9-11-26(12-10-15)13-16-14-27(25-24-16)17-5-2-1-3-6-17/h1-8,14-15H,9-13H2,(H2,22,23,28). The number of rotatable bonds is 4. The summed E-state index contributed by atoms with van der Waals surface area (Å²) in [6.07, 6.45) is 4.14. The SMILES string of the molecule is O=c1[nH]c2cccc(C3CCN(Cc4cn(-c5ccccc5)nn4)CC3)c2[nH]1. The number of benzene rings is 2. The average Bonchev–Trinajstić information content (AvgIpc) is 3.35. The third kappa shape index (κ3) is 3.25. The zero-order chi connectivity index (χ0) is 18.9. The van der Waals surface area contributed by atoms with E-state index in [2.05, 4.69) is 31.2 Å². The van der Waals surface area contributed by atoms with Gasteiger partial charge in [-0.25, -0.2) is 9.48 Å². The summed E-state index contributed by atoms with van der Waals surface area (Å²) in [5, 5.41) is 8.59. The van der Waals surface area contributed by atoms with Crippen molar-refractivity contribution in [2.45, 2.75) is 25.3 Å². The minimum Gasteiger partial charge on any atom is -0.306 e. The number of para-hydroxylation sites is 2. The normalized spacial score (nSPS) is 16.0. The molecule has 1 fully saturated rings. The predicted molar refractivity (Wildman–Crippen MR) is 108 cm³/mol. The first-order valence-electron chi connectivity index (χ1n) is 9.66. The maximum Gasteiger partial charge on any atom is 0.323 e. The zero-order valence-electron chi connectivity index (χ0n) is 15.5. The minimum atomic E-state index is -0.138. The molecule has 0 amide bonds. The van der Waals surface area contributed by atoms with Crippen LogP contribution in [0, 0.1) is 0 Å². The first-order chi connectivity index (χ1) is 13.8. The Morgan fingerprint density at radius 1 is 1.00 bits per heavy atom. The van der Waals surface area contributed by atoms with E-state index in [0.29, 0.717) is 5.92 Å². The van der Waals surface area contributed by atoms with Crippen LogP contribution < -0.4 is 5.69 Å². The van der Waals surface area contributed by atoms with Gasteiger partial charge in [0.25, 0.3) is 0 Å². The highest BCUT2D eigenvalue weighted by Crippen LogP contribution is 2.31. The van der Waals surface area contributed by atoms with E-state index in [4.69, 9.17) is 0 Å². The van der Waals surface area contributed by atoms with Crippen LogP contribution in [0.2, 0.25) is 0 Å². The van der Waals surface area contributed by atoms with E-state index >= 15 is 0 Å². The van der Waals surface area contributed by atoms with Gasteiger partial charge >= 0.3 is 5.69 Å². The molecule has 0 aliphatic carbocycles. The van der Waals surface area contributed by atoms with Crippen LogP contribution in [0.3, 0.4) is 0 Å². The van der Waals surface area contributed by atoms with Crippen LogP contribution in [0.5, 0.6) is 0 Å². The summed E-state index contributed by atoms with van der Waals surface area (Å²) in [5.41, 5.74) is 4.96. The minimum absolute atomic E-state index is 0.138. The van der Waals surface area contributed by atoms with E-state index in [1.54, 1.807) is 0 Å². The number of nitrogens with one attached hydrogen (secondary N) is 2.